The zero-order valence-corrected chi connectivity index (χ0v) is 69.8. The Balaban J connectivity index is 1.00. The van der Waals surface area contributed by atoms with Crippen molar-refractivity contribution in [3.05, 3.63) is 337 Å². The Kier molecular flexibility index (Phi) is 17.5. The summed E-state index contributed by atoms with van der Waals surface area (Å²) in [5, 5.41) is 7.39. The summed E-state index contributed by atoms with van der Waals surface area (Å²) in [6.07, 6.45) is 0. The first-order valence-corrected chi connectivity index (χ1v) is 41.1. The van der Waals surface area contributed by atoms with Gasteiger partial charge in [0.2, 0.25) is 0 Å². The molecule has 0 radical (unpaired) electrons. The van der Waals surface area contributed by atoms with Gasteiger partial charge in [-0.25, -0.2) is 0 Å². The number of fused-ring (bicyclic) bond motifs is 10. The van der Waals surface area contributed by atoms with E-state index in [2.05, 4.69) is 442 Å². The van der Waals surface area contributed by atoms with Gasteiger partial charge in [0.25, 0.3) is 6.71 Å². The molecule has 18 rings (SSSR count). The average Bonchev–Trinajstić information content (AvgIpc) is 0.809. The summed E-state index contributed by atoms with van der Waals surface area (Å²) in [4.78, 5) is 5.53. The van der Waals surface area contributed by atoms with Gasteiger partial charge in [-0.2, -0.15) is 0 Å². The Hall–Kier alpha value is -11.7. The number of rotatable bonds is 9. The molecule has 0 N–H and O–H groups in total. The van der Waals surface area contributed by atoms with Crippen molar-refractivity contribution >= 4 is 101 Å². The van der Waals surface area contributed by atoms with Gasteiger partial charge in [-0.15, -0.1) is 0 Å². The first-order chi connectivity index (χ1) is 54.3. The highest BCUT2D eigenvalue weighted by Crippen LogP contribution is 2.56. The predicted molar refractivity (Wildman–Crippen MR) is 495 cm³/mol. The Morgan fingerprint density at radius 1 is 0.219 bits per heavy atom. The van der Waals surface area contributed by atoms with E-state index >= 15 is 0 Å². The maximum absolute atomic E-state index is 2.78. The molecule has 0 saturated heterocycles. The smallest absolute Gasteiger partial charge is 0.252 e. The van der Waals surface area contributed by atoms with Crippen LogP contribution in [0.2, 0.25) is 0 Å². The minimum atomic E-state index is -0.343. The van der Waals surface area contributed by atoms with Crippen LogP contribution < -0.4 is 26.2 Å². The van der Waals surface area contributed by atoms with Crippen LogP contribution in [-0.4, -0.2) is 11.3 Å². The minimum Gasteiger partial charge on any atom is -0.310 e. The van der Waals surface area contributed by atoms with Crippen LogP contribution in [-0.2, 0) is 32.5 Å². The fourth-order valence-corrected chi connectivity index (χ4v) is 18.0. The second kappa shape index (κ2) is 27.0. The van der Waals surface area contributed by atoms with Crippen molar-refractivity contribution in [3.8, 4) is 72.4 Å². The molecule has 0 spiro atoms. The second-order valence-corrected chi connectivity index (χ2v) is 38.7. The van der Waals surface area contributed by atoms with Crippen LogP contribution in [0.25, 0.3) is 116 Å². The first-order valence-electron chi connectivity index (χ1n) is 41.1. The van der Waals surface area contributed by atoms with Crippen LogP contribution in [0.3, 0.4) is 0 Å². The maximum atomic E-state index is 2.78. The number of benzene rings is 15. The van der Waals surface area contributed by atoms with Gasteiger partial charge in [-0.05, 0) is 221 Å². The zero-order valence-electron chi connectivity index (χ0n) is 69.8. The van der Waals surface area contributed by atoms with Crippen molar-refractivity contribution in [2.24, 2.45) is 0 Å². The van der Waals surface area contributed by atoms with Gasteiger partial charge in [0.15, 0.2) is 0 Å². The lowest BCUT2D eigenvalue weighted by Crippen LogP contribution is -2.61. The van der Waals surface area contributed by atoms with Gasteiger partial charge in [-0.1, -0.05) is 355 Å². The van der Waals surface area contributed by atoms with Crippen LogP contribution in [0, 0.1) is 0 Å². The van der Waals surface area contributed by atoms with Gasteiger partial charge in [-0.3, -0.25) is 0 Å². The fraction of sp³-hybridized carbons (Fsp3) is 0.218. The predicted octanol–water partition coefficient (Wildman–Crippen LogP) is 29.0. The molecule has 15 aromatic carbocycles. The lowest BCUT2D eigenvalue weighted by molar-refractivity contribution is 0.569. The third kappa shape index (κ3) is 12.9. The highest BCUT2D eigenvalue weighted by molar-refractivity contribution is 7.00. The van der Waals surface area contributed by atoms with Crippen molar-refractivity contribution in [1.29, 1.82) is 0 Å². The SMILES string of the molecule is CC(C)(C)c1ccc(-c2cc(C(C)(C)C)cc(-c3ccc(C(C)(C)C)cc3)c2N2c3cc(-c4cc(C(C)(C)C)cc(C(C)(C)C)c4)ccc3B3c4ccc(-c5ccc6c(c5)c5ccccc5n6-c5ccccc5)cc4N(c4c(-c5ccccc5)cccc4-c4ccc5c(ccc6ccccc65)c4)c4cc(C(C)(C)C)cc2c43)cc1. The summed E-state index contributed by atoms with van der Waals surface area (Å²) < 4.78 is 2.43. The Labute approximate surface area is 676 Å². The summed E-state index contributed by atoms with van der Waals surface area (Å²) in [7, 11) is 0. The number of anilines is 6. The zero-order chi connectivity index (χ0) is 79.4. The Morgan fingerprint density at radius 3 is 1.18 bits per heavy atom. The molecule has 0 atom stereocenters. The van der Waals surface area contributed by atoms with Crippen molar-refractivity contribution in [1.82, 2.24) is 4.57 Å². The number of aromatic nitrogens is 1. The lowest BCUT2D eigenvalue weighted by atomic mass is 9.33. The summed E-state index contributed by atoms with van der Waals surface area (Å²) in [6, 6.07) is 118. The molecule has 114 heavy (non-hydrogen) atoms. The van der Waals surface area contributed by atoms with Gasteiger partial charge in [0, 0.05) is 61.5 Å². The first kappa shape index (κ1) is 73.7. The molecule has 0 saturated carbocycles. The fourth-order valence-electron chi connectivity index (χ4n) is 18.0. The van der Waals surface area contributed by atoms with E-state index in [1.165, 1.54) is 138 Å². The number of hydrogen-bond acceptors (Lipinski definition) is 2. The van der Waals surface area contributed by atoms with Gasteiger partial charge < -0.3 is 14.4 Å². The van der Waals surface area contributed by atoms with Crippen molar-refractivity contribution in [2.75, 3.05) is 9.80 Å². The average molecular weight is 1480 g/mol. The molecule has 1 aromatic heterocycles. The molecule has 562 valence electrons. The van der Waals surface area contributed by atoms with Gasteiger partial charge in [0.1, 0.15) is 0 Å². The monoisotopic (exact) mass is 1480 g/mol. The van der Waals surface area contributed by atoms with Gasteiger partial charge >= 0.3 is 0 Å². The third-order valence-corrected chi connectivity index (χ3v) is 24.7. The van der Waals surface area contributed by atoms with E-state index in [1.54, 1.807) is 0 Å². The van der Waals surface area contributed by atoms with E-state index in [1.807, 2.05) is 0 Å². The van der Waals surface area contributed by atoms with E-state index in [0.29, 0.717) is 0 Å². The molecule has 0 bridgehead atoms. The van der Waals surface area contributed by atoms with Crippen molar-refractivity contribution < 1.29 is 0 Å². The van der Waals surface area contributed by atoms with E-state index in [-0.39, 0.29) is 39.2 Å². The molecule has 2 aliphatic rings. The molecule has 0 aliphatic carbocycles. The molecule has 0 amide bonds. The molecule has 4 heteroatoms. The minimum absolute atomic E-state index is 0.0572. The topological polar surface area (TPSA) is 11.4 Å². The number of hydrogen-bond donors (Lipinski definition) is 0. The summed E-state index contributed by atoms with van der Waals surface area (Å²) in [6.45, 7) is 42.3. The molecular weight excluding hydrogens is 1370 g/mol. The lowest BCUT2D eigenvalue weighted by Gasteiger charge is -2.46. The van der Waals surface area contributed by atoms with E-state index in [9.17, 15) is 0 Å². The molecule has 0 unspecified atom stereocenters. The summed E-state index contributed by atoms with van der Waals surface area (Å²) >= 11 is 0. The Bertz CT molecular complexity index is 6400. The molecular formula is C110H104BN3. The molecule has 16 aromatic rings. The standard InChI is InChI=1S/C110H104BN3/c1-105(2,3)79-50-42-71(43-51-79)91-65-83(109(13,14)15)66-92(72-44-52-80(53-45-72)106(4,5)6)104(91)114-99-63-75(78-59-81(107(7,8)9)64-82(60-78)108(10,11)12)48-56-95(99)111-94-55-47-74(73-49-57-97-93(61-73)90-36-27-28-39-96(90)112(97)85-33-23-20-24-34-85)62-98(94)113(100-67-84(110(16,17)18)68-101(114)102(100)111)103-88(69-30-21-19-22-31-69)37-29-38-89(103)77-46-54-87-76(58-77)41-40-70-32-25-26-35-86(70)87/h19-68H,1-18H3. The molecule has 3 nitrogen and oxygen atoms in total. The second-order valence-electron chi connectivity index (χ2n) is 38.7. The number of para-hydroxylation sites is 3. The van der Waals surface area contributed by atoms with Crippen LogP contribution in [0.5, 0.6) is 0 Å². The van der Waals surface area contributed by atoms with E-state index in [4.69, 9.17) is 0 Å². The Morgan fingerprint density at radius 2 is 0.623 bits per heavy atom. The normalized spacial score (nSPS) is 13.3. The van der Waals surface area contributed by atoms with Crippen LogP contribution >= 0.6 is 0 Å². The van der Waals surface area contributed by atoms with Crippen LogP contribution in [0.15, 0.2) is 303 Å². The quantitative estimate of drug-likeness (QED) is 0.105. The number of nitrogens with zero attached hydrogens (tertiary/aromatic N) is 3. The van der Waals surface area contributed by atoms with Gasteiger partial charge in [0.05, 0.1) is 22.4 Å². The largest absolute Gasteiger partial charge is 0.310 e. The van der Waals surface area contributed by atoms with Crippen LogP contribution in [0.4, 0.5) is 34.1 Å². The summed E-state index contributed by atoms with van der Waals surface area (Å²) in [5.41, 5.74) is 35.2. The molecule has 3 heterocycles. The molecule has 2 aliphatic heterocycles. The highest BCUT2D eigenvalue weighted by Gasteiger charge is 2.47. The van der Waals surface area contributed by atoms with Crippen LogP contribution in [0.1, 0.15) is 158 Å². The maximum Gasteiger partial charge on any atom is 0.252 e. The van der Waals surface area contributed by atoms with E-state index in [0.717, 1.165) is 61.8 Å². The van der Waals surface area contributed by atoms with E-state index < -0.39 is 0 Å². The van der Waals surface area contributed by atoms with Crippen molar-refractivity contribution in [3.63, 3.8) is 0 Å². The molecule has 0 fully saturated rings. The third-order valence-electron chi connectivity index (χ3n) is 24.7. The summed E-state index contributed by atoms with van der Waals surface area (Å²) in [5.74, 6) is 0. The highest BCUT2D eigenvalue weighted by atomic mass is 15.2. The van der Waals surface area contributed by atoms with Crippen molar-refractivity contribution in [2.45, 2.75) is 157 Å².